The van der Waals surface area contributed by atoms with Gasteiger partial charge in [-0.05, 0) is 50.7 Å². The Hall–Kier alpha value is -0.660. The van der Waals surface area contributed by atoms with E-state index in [9.17, 15) is 8.42 Å². The van der Waals surface area contributed by atoms with Crippen molar-refractivity contribution in [3.63, 3.8) is 0 Å². The van der Waals surface area contributed by atoms with E-state index in [1.54, 1.807) is 25.2 Å². The minimum absolute atomic E-state index is 0.0174. The predicted octanol–water partition coefficient (Wildman–Crippen LogP) is 1.51. The molecule has 1 aliphatic heterocycles. The third-order valence-electron chi connectivity index (χ3n) is 4.09. The summed E-state index contributed by atoms with van der Waals surface area (Å²) in [6, 6.07) is 4.93. The number of nitrogens with zero attached hydrogens (tertiary/aromatic N) is 2. The van der Waals surface area contributed by atoms with Crippen molar-refractivity contribution in [3.8, 4) is 0 Å². The summed E-state index contributed by atoms with van der Waals surface area (Å²) in [6.45, 7) is 2.10. The molecule has 0 unspecified atom stereocenters. The highest BCUT2D eigenvalue weighted by Crippen LogP contribution is 2.28. The molecule has 0 aromatic heterocycles. The Balaban J connectivity index is 2.29. The minimum atomic E-state index is -3.59. The summed E-state index contributed by atoms with van der Waals surface area (Å²) >= 11 is 6.09. The van der Waals surface area contributed by atoms with E-state index in [-0.39, 0.29) is 22.5 Å². The third kappa shape index (κ3) is 3.57. The molecule has 1 aromatic rings. The van der Waals surface area contributed by atoms with Gasteiger partial charge in [0.05, 0.1) is 5.02 Å². The molecule has 5 nitrogen and oxygen atoms in total. The molecule has 118 valence electrons. The molecule has 0 aliphatic carbocycles. The van der Waals surface area contributed by atoms with Gasteiger partial charge in [0, 0.05) is 19.6 Å². The molecule has 0 atom stereocenters. The highest BCUT2D eigenvalue weighted by molar-refractivity contribution is 7.89. The molecule has 21 heavy (non-hydrogen) atoms. The van der Waals surface area contributed by atoms with Crippen LogP contribution in [-0.4, -0.2) is 50.8 Å². The second kappa shape index (κ2) is 6.62. The van der Waals surface area contributed by atoms with Crippen LogP contribution in [0, 0.1) is 0 Å². The smallest absolute Gasteiger partial charge is 0.244 e. The van der Waals surface area contributed by atoms with E-state index in [0.717, 1.165) is 31.5 Å². The lowest BCUT2D eigenvalue weighted by Crippen LogP contribution is -2.44. The van der Waals surface area contributed by atoms with Gasteiger partial charge in [0.15, 0.2) is 0 Å². The van der Waals surface area contributed by atoms with Crippen LogP contribution in [0.4, 0.5) is 0 Å². The lowest BCUT2D eigenvalue weighted by molar-refractivity contribution is 0.197. The molecule has 2 N–H and O–H groups in total. The highest BCUT2D eigenvalue weighted by Gasteiger charge is 2.31. The quantitative estimate of drug-likeness (QED) is 0.908. The number of piperidine rings is 1. The fraction of sp³-hybridized carbons (Fsp3) is 0.571. The van der Waals surface area contributed by atoms with Crippen molar-refractivity contribution in [1.29, 1.82) is 0 Å². The van der Waals surface area contributed by atoms with Crippen LogP contribution < -0.4 is 5.73 Å². The fourth-order valence-corrected chi connectivity index (χ4v) is 4.52. The lowest BCUT2D eigenvalue weighted by atomic mass is 10.1. The number of benzene rings is 1. The van der Waals surface area contributed by atoms with Crippen molar-refractivity contribution in [2.45, 2.75) is 30.3 Å². The van der Waals surface area contributed by atoms with Gasteiger partial charge in [-0.15, -0.1) is 0 Å². The van der Waals surface area contributed by atoms with Crippen LogP contribution in [-0.2, 0) is 16.6 Å². The monoisotopic (exact) mass is 331 g/mol. The zero-order chi connectivity index (χ0) is 15.6. The Labute approximate surface area is 131 Å². The van der Waals surface area contributed by atoms with Crippen LogP contribution in [0.5, 0.6) is 0 Å². The summed E-state index contributed by atoms with van der Waals surface area (Å²) in [4.78, 5) is 2.35. The molecule has 1 saturated heterocycles. The molecule has 7 heteroatoms. The van der Waals surface area contributed by atoms with Crippen molar-refractivity contribution in [3.05, 3.63) is 28.8 Å². The first-order valence-corrected chi connectivity index (χ1v) is 8.83. The molecule has 0 spiro atoms. The summed E-state index contributed by atoms with van der Waals surface area (Å²) in [6.07, 6.45) is 1.67. The number of hydrogen-bond acceptors (Lipinski definition) is 4. The first-order chi connectivity index (χ1) is 9.86. The van der Waals surface area contributed by atoms with E-state index < -0.39 is 10.0 Å². The fourth-order valence-electron chi connectivity index (χ4n) is 2.58. The van der Waals surface area contributed by atoms with E-state index in [1.165, 1.54) is 4.31 Å². The molecule has 1 heterocycles. The second-order valence-electron chi connectivity index (χ2n) is 5.52. The number of likely N-dealkylation sites (tertiary alicyclic amines) is 1. The van der Waals surface area contributed by atoms with E-state index in [0.29, 0.717) is 0 Å². The summed E-state index contributed by atoms with van der Waals surface area (Å²) in [5, 5.41) is 0.243. The van der Waals surface area contributed by atoms with E-state index in [4.69, 9.17) is 17.3 Å². The Morgan fingerprint density at radius 2 is 2.00 bits per heavy atom. The van der Waals surface area contributed by atoms with Crippen molar-refractivity contribution in [1.82, 2.24) is 9.21 Å². The number of halogens is 1. The number of sulfonamides is 1. The van der Waals surface area contributed by atoms with Crippen LogP contribution in [0.2, 0.25) is 5.02 Å². The molecule has 2 rings (SSSR count). The van der Waals surface area contributed by atoms with Gasteiger partial charge in [-0.3, -0.25) is 0 Å². The van der Waals surface area contributed by atoms with Crippen molar-refractivity contribution in [2.24, 2.45) is 5.73 Å². The molecular weight excluding hydrogens is 310 g/mol. The third-order valence-corrected chi connectivity index (χ3v) is 6.48. The highest BCUT2D eigenvalue weighted by atomic mass is 35.5. The van der Waals surface area contributed by atoms with Gasteiger partial charge in [0.25, 0.3) is 0 Å². The maximum absolute atomic E-state index is 12.8. The zero-order valence-electron chi connectivity index (χ0n) is 12.4. The molecule has 1 fully saturated rings. The Kier molecular flexibility index (Phi) is 5.27. The van der Waals surface area contributed by atoms with Gasteiger partial charge < -0.3 is 10.6 Å². The van der Waals surface area contributed by atoms with E-state index in [1.807, 2.05) is 7.05 Å². The zero-order valence-corrected chi connectivity index (χ0v) is 14.0. The summed E-state index contributed by atoms with van der Waals surface area (Å²) < 4.78 is 27.0. The van der Waals surface area contributed by atoms with Crippen molar-refractivity contribution >= 4 is 21.6 Å². The first kappa shape index (κ1) is 16.7. The van der Waals surface area contributed by atoms with Gasteiger partial charge in [-0.25, -0.2) is 8.42 Å². The summed E-state index contributed by atoms with van der Waals surface area (Å²) in [5.41, 5.74) is 6.35. The Morgan fingerprint density at radius 3 is 2.57 bits per heavy atom. The SMILES string of the molecule is CN1CCC(N(C)S(=O)(=O)c2cc(CN)ccc2Cl)CC1. The summed E-state index contributed by atoms with van der Waals surface area (Å²) in [5.74, 6) is 0. The second-order valence-corrected chi connectivity index (χ2v) is 7.90. The average Bonchev–Trinajstić information content (AvgIpc) is 2.47. The van der Waals surface area contributed by atoms with E-state index >= 15 is 0 Å². The van der Waals surface area contributed by atoms with Crippen LogP contribution in [0.3, 0.4) is 0 Å². The molecule has 0 radical (unpaired) electrons. The molecule has 0 bridgehead atoms. The van der Waals surface area contributed by atoms with Gasteiger partial charge in [-0.1, -0.05) is 17.7 Å². The van der Waals surface area contributed by atoms with E-state index in [2.05, 4.69) is 4.90 Å². The average molecular weight is 332 g/mol. The maximum Gasteiger partial charge on any atom is 0.244 e. The van der Waals surface area contributed by atoms with Crippen LogP contribution in [0.15, 0.2) is 23.1 Å². The van der Waals surface area contributed by atoms with Crippen LogP contribution in [0.25, 0.3) is 0 Å². The summed E-state index contributed by atoms with van der Waals surface area (Å²) in [7, 11) is 0.0916. The topological polar surface area (TPSA) is 66.6 Å². The predicted molar refractivity (Wildman–Crippen MR) is 84.8 cm³/mol. The molecule has 1 aromatic carbocycles. The molecule has 0 amide bonds. The molecule has 0 saturated carbocycles. The molecular formula is C14H22ClN3O2S. The largest absolute Gasteiger partial charge is 0.326 e. The van der Waals surface area contributed by atoms with Gasteiger partial charge in [0.2, 0.25) is 10.0 Å². The van der Waals surface area contributed by atoms with Crippen LogP contribution in [0.1, 0.15) is 18.4 Å². The number of hydrogen-bond donors (Lipinski definition) is 1. The van der Waals surface area contributed by atoms with Gasteiger partial charge >= 0.3 is 0 Å². The van der Waals surface area contributed by atoms with Crippen molar-refractivity contribution in [2.75, 3.05) is 27.2 Å². The number of nitrogens with two attached hydrogens (primary N) is 1. The van der Waals surface area contributed by atoms with Gasteiger partial charge in [-0.2, -0.15) is 4.31 Å². The minimum Gasteiger partial charge on any atom is -0.326 e. The standard InChI is InChI=1S/C14H22ClN3O2S/c1-17-7-5-12(6-8-17)18(2)21(19,20)14-9-11(10-16)3-4-13(14)15/h3-4,9,12H,5-8,10,16H2,1-2H3. The van der Waals surface area contributed by atoms with Crippen molar-refractivity contribution < 1.29 is 8.42 Å². The maximum atomic E-state index is 12.8. The van der Waals surface area contributed by atoms with Crippen LogP contribution >= 0.6 is 11.6 Å². The van der Waals surface area contributed by atoms with Gasteiger partial charge in [0.1, 0.15) is 4.90 Å². The first-order valence-electron chi connectivity index (χ1n) is 7.01. The molecule has 1 aliphatic rings. The number of rotatable bonds is 4. The Bertz CT molecular complexity index is 598. The lowest BCUT2D eigenvalue weighted by Gasteiger charge is -2.34. The Morgan fingerprint density at radius 1 is 1.38 bits per heavy atom. The normalized spacial score (nSPS) is 18.3.